The van der Waals surface area contributed by atoms with Crippen molar-refractivity contribution in [1.29, 1.82) is 0 Å². The molecule has 1 aliphatic rings. The van der Waals surface area contributed by atoms with Gasteiger partial charge in [-0.15, -0.1) is 0 Å². The number of halogens is 1. The van der Waals surface area contributed by atoms with Gasteiger partial charge in [0.2, 0.25) is 0 Å². The van der Waals surface area contributed by atoms with Gasteiger partial charge < -0.3 is 13.6 Å². The number of carbonyl (C=O) groups is 1. The number of aryl methyl sites for hydroxylation is 1. The summed E-state index contributed by atoms with van der Waals surface area (Å²) in [4.78, 5) is 43.0. The summed E-state index contributed by atoms with van der Waals surface area (Å²) in [6.07, 6.45) is 1.59. The van der Waals surface area contributed by atoms with E-state index in [9.17, 15) is 19.7 Å². The number of fused-ring (bicyclic) bond motifs is 1. The van der Waals surface area contributed by atoms with Gasteiger partial charge in [-0.1, -0.05) is 45.5 Å². The van der Waals surface area contributed by atoms with Crippen LogP contribution in [0.1, 0.15) is 37.0 Å². The number of thiazole rings is 1. The Morgan fingerprint density at radius 2 is 1.84 bits per heavy atom. The van der Waals surface area contributed by atoms with Crippen LogP contribution in [0, 0.1) is 17.0 Å². The van der Waals surface area contributed by atoms with Gasteiger partial charge in [-0.2, -0.15) is 0 Å². The third kappa shape index (κ3) is 5.38. The van der Waals surface area contributed by atoms with E-state index in [0.717, 1.165) is 26.9 Å². The fourth-order valence-corrected chi connectivity index (χ4v) is 6.31. The van der Waals surface area contributed by atoms with E-state index in [1.165, 1.54) is 16.7 Å². The van der Waals surface area contributed by atoms with Crippen molar-refractivity contribution in [2.75, 3.05) is 6.61 Å². The molecule has 0 saturated heterocycles. The number of furan rings is 2. The molecule has 6 rings (SSSR count). The second kappa shape index (κ2) is 11.7. The van der Waals surface area contributed by atoms with Crippen molar-refractivity contribution in [3.8, 4) is 22.6 Å². The molecule has 0 aliphatic carbocycles. The second-order valence-electron chi connectivity index (χ2n) is 9.97. The lowest BCUT2D eigenvalue weighted by atomic mass is 10.0. The highest BCUT2D eigenvalue weighted by molar-refractivity contribution is 9.10. The van der Waals surface area contributed by atoms with Gasteiger partial charge in [0, 0.05) is 33.8 Å². The average molecular weight is 675 g/mol. The minimum Gasteiger partial charge on any atom is -0.463 e. The minimum absolute atomic E-state index is 0.0501. The zero-order valence-corrected chi connectivity index (χ0v) is 26.1. The molecule has 44 heavy (non-hydrogen) atoms. The smallest absolute Gasteiger partial charge is 0.338 e. The van der Waals surface area contributed by atoms with Crippen molar-refractivity contribution in [2.45, 2.75) is 26.8 Å². The lowest BCUT2D eigenvalue weighted by Gasteiger charge is -2.22. The number of nitro benzene ring substituents is 1. The first-order valence-electron chi connectivity index (χ1n) is 13.5. The topological polar surface area (TPSA) is 130 Å². The van der Waals surface area contributed by atoms with Crippen LogP contribution in [0.15, 0.2) is 101 Å². The first-order chi connectivity index (χ1) is 21.1. The Kier molecular flexibility index (Phi) is 7.78. The number of non-ortho nitro benzene ring substituents is 1. The van der Waals surface area contributed by atoms with Gasteiger partial charge >= 0.3 is 5.97 Å². The molecular formula is C32H24BrN3O7S. The summed E-state index contributed by atoms with van der Waals surface area (Å²) < 4.78 is 20.3. The molecule has 0 unspecified atom stereocenters. The molecule has 1 aliphatic heterocycles. The number of ether oxygens (including phenoxy) is 1. The highest BCUT2D eigenvalue weighted by atomic mass is 79.9. The maximum absolute atomic E-state index is 13.9. The zero-order chi connectivity index (χ0) is 31.1. The van der Waals surface area contributed by atoms with Crippen LogP contribution < -0.4 is 14.9 Å². The maximum atomic E-state index is 13.9. The molecule has 0 amide bonds. The van der Waals surface area contributed by atoms with Crippen LogP contribution in [0.5, 0.6) is 0 Å². The quantitative estimate of drug-likeness (QED) is 0.113. The van der Waals surface area contributed by atoms with Crippen LogP contribution in [0.3, 0.4) is 0 Å². The maximum Gasteiger partial charge on any atom is 0.338 e. The third-order valence-corrected chi connectivity index (χ3v) is 8.65. The zero-order valence-electron chi connectivity index (χ0n) is 23.7. The van der Waals surface area contributed by atoms with Crippen LogP contribution >= 0.6 is 27.3 Å². The molecule has 2 aromatic carbocycles. The third-order valence-electron chi connectivity index (χ3n) is 7.14. The van der Waals surface area contributed by atoms with Crippen molar-refractivity contribution in [3.05, 3.63) is 129 Å². The number of hydrogen-bond acceptors (Lipinski definition) is 9. The number of aromatic nitrogens is 1. The number of allylic oxidation sites excluding steroid dienone is 1. The van der Waals surface area contributed by atoms with E-state index in [1.54, 1.807) is 50.3 Å². The highest BCUT2D eigenvalue weighted by Crippen LogP contribution is 2.35. The van der Waals surface area contributed by atoms with Crippen molar-refractivity contribution in [2.24, 2.45) is 4.99 Å². The standard InChI is InChI=1S/C32H24BrN3O7S/c1-4-41-31(38)28-18(3)34-32-35(29(28)26-14-13-24(43-26)19-6-8-20(33)9-7-19)30(37)27(44-32)16-22-11-12-25(42-22)23-15-21(36(39)40)10-5-17(23)2/h5-16,29H,4H2,1-3H3/b27-16-/t29-/m0/s1. The Labute approximate surface area is 262 Å². The van der Waals surface area contributed by atoms with Gasteiger partial charge in [0.15, 0.2) is 4.80 Å². The number of hydrogen-bond donors (Lipinski definition) is 0. The summed E-state index contributed by atoms with van der Waals surface area (Å²) in [5.74, 6) is 1.18. The van der Waals surface area contributed by atoms with E-state index >= 15 is 0 Å². The largest absolute Gasteiger partial charge is 0.463 e. The molecule has 0 saturated carbocycles. The second-order valence-corrected chi connectivity index (χ2v) is 11.9. The van der Waals surface area contributed by atoms with Crippen LogP contribution in [0.25, 0.3) is 28.7 Å². The summed E-state index contributed by atoms with van der Waals surface area (Å²) in [5, 5.41) is 11.3. The Hall–Kier alpha value is -4.81. The average Bonchev–Trinajstić information content (AvgIpc) is 3.73. The molecule has 0 bridgehead atoms. The Morgan fingerprint density at radius 1 is 1.09 bits per heavy atom. The predicted molar refractivity (Wildman–Crippen MR) is 168 cm³/mol. The number of esters is 1. The summed E-state index contributed by atoms with van der Waals surface area (Å²) >= 11 is 4.59. The summed E-state index contributed by atoms with van der Waals surface area (Å²) in [6.45, 7) is 5.40. The predicted octanol–water partition coefficient (Wildman–Crippen LogP) is 6.30. The fourth-order valence-electron chi connectivity index (χ4n) is 5.02. The summed E-state index contributed by atoms with van der Waals surface area (Å²) in [7, 11) is 0. The first-order valence-corrected chi connectivity index (χ1v) is 15.2. The molecule has 0 fully saturated rings. The van der Waals surface area contributed by atoms with Crippen molar-refractivity contribution in [1.82, 2.24) is 4.57 Å². The van der Waals surface area contributed by atoms with E-state index in [-0.39, 0.29) is 23.4 Å². The van der Waals surface area contributed by atoms with Gasteiger partial charge in [-0.3, -0.25) is 19.5 Å². The first kappa shape index (κ1) is 29.3. The van der Waals surface area contributed by atoms with Crippen LogP contribution in [-0.2, 0) is 9.53 Å². The molecule has 0 N–H and O–H groups in total. The molecule has 1 atom stereocenters. The molecule has 222 valence electrons. The van der Waals surface area contributed by atoms with E-state index < -0.39 is 16.9 Å². The Balaban J connectivity index is 1.45. The fraction of sp³-hybridized carbons (Fsp3) is 0.156. The molecule has 3 aromatic heterocycles. The van der Waals surface area contributed by atoms with Crippen molar-refractivity contribution >= 4 is 45.0 Å². The van der Waals surface area contributed by atoms with Gasteiger partial charge in [-0.05, 0) is 62.7 Å². The van der Waals surface area contributed by atoms with E-state index in [2.05, 4.69) is 20.9 Å². The van der Waals surface area contributed by atoms with Gasteiger partial charge in [0.05, 0.1) is 27.3 Å². The minimum atomic E-state index is -0.906. The normalized spacial score (nSPS) is 14.8. The molecule has 12 heteroatoms. The van der Waals surface area contributed by atoms with Crippen molar-refractivity contribution in [3.63, 3.8) is 0 Å². The lowest BCUT2D eigenvalue weighted by Crippen LogP contribution is -2.39. The molecule has 4 heterocycles. The number of carbonyl (C=O) groups excluding carboxylic acids is 1. The molecule has 10 nitrogen and oxygen atoms in total. The molecule has 0 radical (unpaired) electrons. The van der Waals surface area contributed by atoms with Gasteiger partial charge in [-0.25, -0.2) is 9.79 Å². The number of rotatable bonds is 7. The summed E-state index contributed by atoms with van der Waals surface area (Å²) in [5.41, 5.74) is 2.41. The van der Waals surface area contributed by atoms with E-state index in [4.69, 9.17) is 13.6 Å². The lowest BCUT2D eigenvalue weighted by molar-refractivity contribution is -0.384. The number of nitro groups is 1. The Morgan fingerprint density at radius 3 is 2.57 bits per heavy atom. The number of nitrogens with zero attached hydrogens (tertiary/aromatic N) is 3. The molecule has 0 spiro atoms. The van der Waals surface area contributed by atoms with E-state index in [0.29, 0.717) is 43.6 Å². The SMILES string of the molecule is CCOC(=O)C1=C(C)N=c2s/c(=C\c3ccc(-c4cc([N+](=O)[O-])ccc4C)o3)c(=O)n2[C@H]1c1ccc(-c2ccc(Br)cc2)o1. The molecular weight excluding hydrogens is 650 g/mol. The summed E-state index contributed by atoms with van der Waals surface area (Å²) in [6, 6.07) is 18.2. The highest BCUT2D eigenvalue weighted by Gasteiger charge is 2.35. The van der Waals surface area contributed by atoms with E-state index in [1.807, 2.05) is 31.2 Å². The van der Waals surface area contributed by atoms with Crippen LogP contribution in [0.4, 0.5) is 5.69 Å². The van der Waals surface area contributed by atoms with Gasteiger partial charge in [0.1, 0.15) is 29.1 Å². The van der Waals surface area contributed by atoms with Crippen LogP contribution in [0.2, 0.25) is 0 Å². The monoisotopic (exact) mass is 673 g/mol. The van der Waals surface area contributed by atoms with Gasteiger partial charge in [0.25, 0.3) is 11.2 Å². The molecule has 5 aromatic rings. The van der Waals surface area contributed by atoms with Crippen molar-refractivity contribution < 1.29 is 23.3 Å². The number of benzene rings is 2. The Bertz CT molecular complexity index is 2150. The van der Waals surface area contributed by atoms with Crippen LogP contribution in [-0.4, -0.2) is 22.1 Å².